The Morgan fingerprint density at radius 1 is 0.372 bits per heavy atom. The fourth-order valence-corrected chi connectivity index (χ4v) is 5.83. The molecule has 0 aromatic carbocycles. The molecule has 0 N–H and O–H groups in total. The van der Waals surface area contributed by atoms with Crippen molar-refractivity contribution in [3.8, 4) is 0 Å². The molecular weight excluding hydrogens is 524 g/mol. The summed E-state index contributed by atoms with van der Waals surface area (Å²) in [6.07, 6.45) is 51.8. The molecule has 0 aliphatic heterocycles. The summed E-state index contributed by atoms with van der Waals surface area (Å²) in [6, 6.07) is 0. The van der Waals surface area contributed by atoms with Gasteiger partial charge in [-0.3, -0.25) is 0 Å². The monoisotopic (exact) mass is 599 g/mol. The minimum atomic E-state index is 0.368. The molecule has 2 heteroatoms. The van der Waals surface area contributed by atoms with Crippen LogP contribution in [0.4, 0.5) is 0 Å². The molecule has 0 unspecified atom stereocenters. The summed E-state index contributed by atoms with van der Waals surface area (Å²) in [4.78, 5) is 0. The second kappa shape index (κ2) is 32.3. The molecule has 250 valence electrons. The molecule has 0 aromatic heterocycles. The maximum absolute atomic E-state index is 6.22. The summed E-state index contributed by atoms with van der Waals surface area (Å²) in [5, 5.41) is 0. The highest BCUT2D eigenvalue weighted by Crippen LogP contribution is 2.40. The van der Waals surface area contributed by atoms with Crippen molar-refractivity contribution in [2.45, 2.75) is 193 Å². The molecule has 3 atom stereocenters. The van der Waals surface area contributed by atoms with Crippen LogP contribution in [-0.2, 0) is 9.47 Å². The highest BCUT2D eigenvalue weighted by molar-refractivity contribution is 5.00. The van der Waals surface area contributed by atoms with Gasteiger partial charge in [-0.2, -0.15) is 0 Å². The quantitative estimate of drug-likeness (QED) is 0.0552. The molecule has 0 radical (unpaired) electrons. The summed E-state index contributed by atoms with van der Waals surface area (Å²) in [7, 11) is 0. The van der Waals surface area contributed by atoms with Gasteiger partial charge in [0.15, 0.2) is 0 Å². The van der Waals surface area contributed by atoms with Crippen molar-refractivity contribution in [1.29, 1.82) is 0 Å². The molecule has 1 aliphatic rings. The van der Waals surface area contributed by atoms with E-state index in [4.69, 9.17) is 9.47 Å². The zero-order valence-corrected chi connectivity index (χ0v) is 29.3. The van der Waals surface area contributed by atoms with Gasteiger partial charge in [0.2, 0.25) is 0 Å². The van der Waals surface area contributed by atoms with E-state index in [1.54, 1.807) is 0 Å². The third kappa shape index (κ3) is 25.9. The standard InChI is InChI=1S/C41H74O2/c1-4-7-9-11-13-15-17-19-21-23-25-27-29-31-33-35-37-42-40-39(6-3)41(40)43-38-36-34-32-30-28-26-24-22-20-18-16-14-12-10-8-5-2/h13-16,19-22,39-41H,4-12,17-18,23-38H2,1-3H3/b15-13-,16-14-,21-19-,22-20-/t39-,40-,41+. The fourth-order valence-electron chi connectivity index (χ4n) is 5.83. The first-order valence-electron chi connectivity index (χ1n) is 19.2. The van der Waals surface area contributed by atoms with E-state index < -0.39 is 0 Å². The lowest BCUT2D eigenvalue weighted by Gasteiger charge is -2.06. The number of hydrogen-bond donors (Lipinski definition) is 0. The second-order valence-corrected chi connectivity index (χ2v) is 12.9. The van der Waals surface area contributed by atoms with E-state index in [0.717, 1.165) is 26.1 Å². The minimum Gasteiger partial charge on any atom is -0.375 e. The average molecular weight is 599 g/mol. The molecule has 43 heavy (non-hydrogen) atoms. The summed E-state index contributed by atoms with van der Waals surface area (Å²) in [6.45, 7) is 8.65. The Morgan fingerprint density at radius 3 is 1.05 bits per heavy atom. The van der Waals surface area contributed by atoms with Gasteiger partial charge in [0.1, 0.15) is 0 Å². The van der Waals surface area contributed by atoms with Gasteiger partial charge in [0, 0.05) is 19.1 Å². The van der Waals surface area contributed by atoms with E-state index in [-0.39, 0.29) is 0 Å². The molecule has 2 nitrogen and oxygen atoms in total. The third-order valence-electron chi connectivity index (χ3n) is 8.81. The summed E-state index contributed by atoms with van der Waals surface area (Å²) < 4.78 is 12.4. The lowest BCUT2D eigenvalue weighted by atomic mass is 10.1. The van der Waals surface area contributed by atoms with Crippen LogP contribution in [0.1, 0.15) is 181 Å². The molecule has 0 saturated heterocycles. The first-order valence-corrected chi connectivity index (χ1v) is 19.2. The van der Waals surface area contributed by atoms with Crippen LogP contribution >= 0.6 is 0 Å². The van der Waals surface area contributed by atoms with Crippen molar-refractivity contribution in [1.82, 2.24) is 0 Å². The van der Waals surface area contributed by atoms with Crippen LogP contribution in [0.3, 0.4) is 0 Å². The van der Waals surface area contributed by atoms with Gasteiger partial charge in [-0.1, -0.05) is 146 Å². The van der Waals surface area contributed by atoms with Gasteiger partial charge >= 0.3 is 0 Å². The molecule has 0 spiro atoms. The van der Waals surface area contributed by atoms with Crippen LogP contribution < -0.4 is 0 Å². The molecule has 1 saturated carbocycles. The normalized spacial score (nSPS) is 18.8. The Morgan fingerprint density at radius 2 is 0.698 bits per heavy atom. The summed E-state index contributed by atoms with van der Waals surface area (Å²) >= 11 is 0. The Balaban J connectivity index is 1.84. The van der Waals surface area contributed by atoms with Gasteiger partial charge in [-0.25, -0.2) is 0 Å². The molecular formula is C41H74O2. The van der Waals surface area contributed by atoms with E-state index in [9.17, 15) is 0 Å². The lowest BCUT2D eigenvalue weighted by Crippen LogP contribution is -2.06. The Hall–Kier alpha value is -1.12. The zero-order chi connectivity index (χ0) is 30.9. The second-order valence-electron chi connectivity index (χ2n) is 12.9. The van der Waals surface area contributed by atoms with E-state index in [0.29, 0.717) is 18.1 Å². The average Bonchev–Trinajstić information content (AvgIpc) is 3.71. The molecule has 0 heterocycles. The van der Waals surface area contributed by atoms with Gasteiger partial charge < -0.3 is 9.47 Å². The third-order valence-corrected chi connectivity index (χ3v) is 8.81. The minimum absolute atomic E-state index is 0.368. The maximum Gasteiger partial charge on any atom is 0.0894 e. The van der Waals surface area contributed by atoms with E-state index in [1.807, 2.05) is 0 Å². The van der Waals surface area contributed by atoms with Crippen molar-refractivity contribution in [3.63, 3.8) is 0 Å². The highest BCUT2D eigenvalue weighted by Gasteiger charge is 2.51. The molecule has 0 amide bonds. The number of rotatable bonds is 33. The molecule has 1 fully saturated rings. The van der Waals surface area contributed by atoms with E-state index in [2.05, 4.69) is 69.4 Å². The van der Waals surface area contributed by atoms with Crippen LogP contribution in [0.15, 0.2) is 48.6 Å². The van der Waals surface area contributed by atoms with Crippen LogP contribution in [0, 0.1) is 5.92 Å². The van der Waals surface area contributed by atoms with Gasteiger partial charge in [0.05, 0.1) is 12.2 Å². The molecule has 1 aliphatic carbocycles. The molecule has 0 bridgehead atoms. The van der Waals surface area contributed by atoms with Crippen molar-refractivity contribution < 1.29 is 9.47 Å². The number of allylic oxidation sites excluding steroid dienone is 8. The van der Waals surface area contributed by atoms with E-state index in [1.165, 1.54) is 148 Å². The highest BCUT2D eigenvalue weighted by atomic mass is 16.6. The Kier molecular flexibility index (Phi) is 30.0. The van der Waals surface area contributed by atoms with Crippen molar-refractivity contribution >= 4 is 0 Å². The lowest BCUT2D eigenvalue weighted by molar-refractivity contribution is 0.0401. The van der Waals surface area contributed by atoms with Crippen LogP contribution in [0.25, 0.3) is 0 Å². The largest absolute Gasteiger partial charge is 0.375 e. The molecule has 1 rings (SSSR count). The zero-order valence-electron chi connectivity index (χ0n) is 29.3. The summed E-state index contributed by atoms with van der Waals surface area (Å²) in [5.41, 5.74) is 0. The number of hydrogen-bond acceptors (Lipinski definition) is 2. The topological polar surface area (TPSA) is 18.5 Å². The Bertz CT molecular complexity index is 619. The van der Waals surface area contributed by atoms with Gasteiger partial charge in [-0.15, -0.1) is 0 Å². The predicted molar refractivity (Wildman–Crippen MR) is 192 cm³/mol. The van der Waals surface area contributed by atoms with Crippen molar-refractivity contribution in [2.75, 3.05) is 13.2 Å². The summed E-state index contributed by atoms with van der Waals surface area (Å²) in [5.74, 6) is 0.634. The maximum atomic E-state index is 6.22. The first kappa shape index (κ1) is 39.9. The number of unbranched alkanes of at least 4 members (excludes halogenated alkanes) is 18. The van der Waals surface area contributed by atoms with E-state index >= 15 is 0 Å². The van der Waals surface area contributed by atoms with Gasteiger partial charge in [-0.05, 0) is 83.5 Å². The van der Waals surface area contributed by atoms with Crippen LogP contribution in [0.5, 0.6) is 0 Å². The first-order chi connectivity index (χ1) is 21.3. The van der Waals surface area contributed by atoms with Crippen LogP contribution in [-0.4, -0.2) is 25.4 Å². The number of ether oxygens (including phenoxy) is 2. The van der Waals surface area contributed by atoms with Crippen molar-refractivity contribution in [2.24, 2.45) is 5.92 Å². The van der Waals surface area contributed by atoms with Crippen LogP contribution in [0.2, 0.25) is 0 Å². The van der Waals surface area contributed by atoms with Gasteiger partial charge in [0.25, 0.3) is 0 Å². The van der Waals surface area contributed by atoms with Crippen molar-refractivity contribution in [3.05, 3.63) is 48.6 Å². The predicted octanol–water partition coefficient (Wildman–Crippen LogP) is 13.4. The SMILES string of the molecule is CCCCC/C=C\C/C=C\CCCCCCCCO[C@@H]1[C@@H](CC)[C@@H]1OCCCCCCCC/C=C\C/C=C\CCCCC. The smallest absolute Gasteiger partial charge is 0.0894 e. The Labute approximate surface area is 270 Å². The molecule has 0 aromatic rings. The fraction of sp³-hybridized carbons (Fsp3) is 0.805.